The first-order valence-corrected chi connectivity index (χ1v) is 11.7. The molecule has 0 radical (unpaired) electrons. The summed E-state index contributed by atoms with van der Waals surface area (Å²) in [7, 11) is 0. The average Bonchev–Trinajstić information content (AvgIpc) is 3.08. The van der Waals surface area contributed by atoms with Crippen LogP contribution in [0, 0.1) is 0 Å². The van der Waals surface area contributed by atoms with E-state index in [0.717, 1.165) is 74.5 Å². The molecule has 30 heavy (non-hydrogen) atoms. The van der Waals surface area contributed by atoms with Gasteiger partial charge in [0.05, 0.1) is 0 Å². The van der Waals surface area contributed by atoms with Gasteiger partial charge in [0, 0.05) is 5.56 Å². The number of ether oxygens (including phenoxy) is 2. The molecule has 0 fully saturated rings. The minimum Gasteiger partial charge on any atom is -0.459 e. The van der Waals surface area contributed by atoms with Crippen LogP contribution in [0.3, 0.4) is 0 Å². The first kappa shape index (κ1) is 24.2. The zero-order valence-corrected chi connectivity index (χ0v) is 19.2. The van der Waals surface area contributed by atoms with Crippen molar-refractivity contribution >= 4 is 18.0 Å². The monoisotopic (exact) mass is 414 g/mol. The van der Waals surface area contributed by atoms with Gasteiger partial charge in [-0.05, 0) is 49.7 Å². The number of fused-ring (bicyclic) bond motifs is 1. The lowest BCUT2D eigenvalue weighted by Gasteiger charge is -2.31. The van der Waals surface area contributed by atoms with Crippen LogP contribution in [-0.2, 0) is 19.1 Å². The van der Waals surface area contributed by atoms with Gasteiger partial charge in [-0.3, -0.25) is 9.59 Å². The number of rotatable bonds is 13. The molecule has 0 heterocycles. The second kappa shape index (κ2) is 11.9. The SMILES string of the molecule is CCCCCC(CC)(CC)OC(=O)CC(=O)OC1C(CCCC)=Cc2ccccc21. The lowest BCUT2D eigenvalue weighted by atomic mass is 9.90. The predicted octanol–water partition coefficient (Wildman–Crippen LogP) is 6.93. The third-order valence-corrected chi connectivity index (χ3v) is 6.17. The Morgan fingerprint density at radius 3 is 2.30 bits per heavy atom. The van der Waals surface area contributed by atoms with Gasteiger partial charge in [0.1, 0.15) is 18.1 Å². The molecule has 4 nitrogen and oxygen atoms in total. The Balaban J connectivity index is 1.99. The molecule has 0 saturated heterocycles. The highest BCUT2D eigenvalue weighted by atomic mass is 16.6. The Kier molecular flexibility index (Phi) is 9.61. The van der Waals surface area contributed by atoms with Crippen molar-refractivity contribution in [2.45, 2.75) is 104 Å². The number of hydrogen-bond acceptors (Lipinski definition) is 4. The maximum atomic E-state index is 12.6. The van der Waals surface area contributed by atoms with Crippen molar-refractivity contribution in [2.24, 2.45) is 0 Å². The zero-order valence-electron chi connectivity index (χ0n) is 19.2. The van der Waals surface area contributed by atoms with E-state index in [1.807, 2.05) is 38.1 Å². The van der Waals surface area contributed by atoms with Crippen molar-refractivity contribution in [1.29, 1.82) is 0 Å². The summed E-state index contributed by atoms with van der Waals surface area (Å²) >= 11 is 0. The minimum absolute atomic E-state index is 0.338. The molecule has 1 aliphatic rings. The second-order valence-corrected chi connectivity index (χ2v) is 8.32. The second-order valence-electron chi connectivity index (χ2n) is 8.32. The van der Waals surface area contributed by atoms with E-state index in [4.69, 9.17) is 9.47 Å². The third kappa shape index (κ3) is 6.45. The number of carbonyl (C=O) groups is 2. The average molecular weight is 415 g/mol. The first-order valence-electron chi connectivity index (χ1n) is 11.7. The molecule has 0 N–H and O–H groups in total. The van der Waals surface area contributed by atoms with Crippen LogP contribution >= 0.6 is 0 Å². The van der Waals surface area contributed by atoms with Crippen molar-refractivity contribution in [3.8, 4) is 0 Å². The Hall–Kier alpha value is -2.10. The summed E-state index contributed by atoms with van der Waals surface area (Å²) < 4.78 is 11.6. The van der Waals surface area contributed by atoms with Gasteiger partial charge in [-0.1, -0.05) is 77.3 Å². The van der Waals surface area contributed by atoms with Crippen LogP contribution in [0.15, 0.2) is 29.8 Å². The van der Waals surface area contributed by atoms with Crippen LogP contribution in [-0.4, -0.2) is 17.5 Å². The van der Waals surface area contributed by atoms with Gasteiger partial charge in [-0.25, -0.2) is 0 Å². The van der Waals surface area contributed by atoms with Crippen LogP contribution in [0.4, 0.5) is 0 Å². The highest BCUT2D eigenvalue weighted by molar-refractivity contribution is 5.91. The largest absolute Gasteiger partial charge is 0.459 e. The quantitative estimate of drug-likeness (QED) is 0.199. The Labute approximate surface area is 182 Å². The molecule has 0 aliphatic heterocycles. The molecule has 0 saturated carbocycles. The van der Waals surface area contributed by atoms with E-state index in [9.17, 15) is 9.59 Å². The van der Waals surface area contributed by atoms with Gasteiger partial charge in [0.25, 0.3) is 0 Å². The number of unbranched alkanes of at least 4 members (excludes halogenated alkanes) is 3. The molecular weight excluding hydrogens is 376 g/mol. The molecule has 1 atom stereocenters. The molecule has 2 rings (SSSR count). The molecule has 1 unspecified atom stereocenters. The van der Waals surface area contributed by atoms with E-state index in [2.05, 4.69) is 19.9 Å². The first-order chi connectivity index (χ1) is 14.5. The third-order valence-electron chi connectivity index (χ3n) is 6.17. The lowest BCUT2D eigenvalue weighted by Crippen LogP contribution is -2.34. The highest BCUT2D eigenvalue weighted by Gasteiger charge is 2.32. The van der Waals surface area contributed by atoms with E-state index in [-0.39, 0.29) is 12.5 Å². The maximum absolute atomic E-state index is 12.6. The van der Waals surface area contributed by atoms with E-state index in [1.54, 1.807) is 0 Å². The maximum Gasteiger partial charge on any atom is 0.318 e. The number of hydrogen-bond donors (Lipinski definition) is 0. The summed E-state index contributed by atoms with van der Waals surface area (Å²) in [4.78, 5) is 25.2. The Bertz CT molecular complexity index is 730. The van der Waals surface area contributed by atoms with Crippen LogP contribution < -0.4 is 0 Å². The fraction of sp³-hybridized carbons (Fsp3) is 0.615. The molecular formula is C26H38O4. The van der Waals surface area contributed by atoms with E-state index < -0.39 is 17.5 Å². The molecule has 166 valence electrons. The normalized spacial score (nSPS) is 15.5. The Morgan fingerprint density at radius 2 is 1.63 bits per heavy atom. The van der Waals surface area contributed by atoms with E-state index in [1.165, 1.54) is 0 Å². The van der Waals surface area contributed by atoms with Gasteiger partial charge < -0.3 is 9.47 Å². The Morgan fingerprint density at radius 1 is 0.933 bits per heavy atom. The van der Waals surface area contributed by atoms with Crippen LogP contribution in [0.25, 0.3) is 6.08 Å². The summed E-state index contributed by atoms with van der Waals surface area (Å²) in [6.45, 7) is 8.39. The fourth-order valence-electron chi connectivity index (χ4n) is 4.14. The molecule has 0 amide bonds. The van der Waals surface area contributed by atoms with Crippen LogP contribution in [0.2, 0.25) is 0 Å². The smallest absolute Gasteiger partial charge is 0.318 e. The molecule has 0 aromatic heterocycles. The van der Waals surface area contributed by atoms with Gasteiger partial charge in [0.15, 0.2) is 0 Å². The summed E-state index contributed by atoms with van der Waals surface area (Å²) in [6.07, 6.45) is 10.0. The van der Waals surface area contributed by atoms with Crippen molar-refractivity contribution in [3.63, 3.8) is 0 Å². The van der Waals surface area contributed by atoms with Gasteiger partial charge >= 0.3 is 11.9 Å². The fourth-order valence-corrected chi connectivity index (χ4v) is 4.14. The number of benzene rings is 1. The summed E-state index contributed by atoms with van der Waals surface area (Å²) in [5.74, 6) is -0.996. The standard InChI is InChI=1S/C26H38O4/c1-5-9-13-17-26(7-3,8-4)30-24(28)19-23(27)29-25-21(14-10-6-2)18-20-15-11-12-16-22(20)25/h11-12,15-16,18,25H,5-10,13-14,17,19H2,1-4H3. The van der Waals surface area contributed by atoms with Crippen molar-refractivity contribution in [2.75, 3.05) is 0 Å². The van der Waals surface area contributed by atoms with Crippen molar-refractivity contribution in [3.05, 3.63) is 41.0 Å². The molecule has 0 spiro atoms. The van der Waals surface area contributed by atoms with Gasteiger partial charge in [-0.15, -0.1) is 0 Å². The van der Waals surface area contributed by atoms with Gasteiger partial charge in [0.2, 0.25) is 0 Å². The predicted molar refractivity (Wildman–Crippen MR) is 121 cm³/mol. The molecule has 0 bridgehead atoms. The number of esters is 2. The van der Waals surface area contributed by atoms with Crippen LogP contribution in [0.1, 0.15) is 109 Å². The van der Waals surface area contributed by atoms with E-state index >= 15 is 0 Å². The summed E-state index contributed by atoms with van der Waals surface area (Å²) in [6, 6.07) is 7.98. The lowest BCUT2D eigenvalue weighted by molar-refractivity contribution is -0.168. The minimum atomic E-state index is -0.515. The molecule has 1 aliphatic carbocycles. The van der Waals surface area contributed by atoms with Crippen molar-refractivity contribution < 1.29 is 19.1 Å². The summed E-state index contributed by atoms with van der Waals surface area (Å²) in [5, 5.41) is 0. The zero-order chi connectivity index (χ0) is 22.0. The molecule has 1 aromatic carbocycles. The van der Waals surface area contributed by atoms with E-state index in [0.29, 0.717) is 0 Å². The highest BCUT2D eigenvalue weighted by Crippen LogP contribution is 2.39. The topological polar surface area (TPSA) is 52.6 Å². The van der Waals surface area contributed by atoms with Gasteiger partial charge in [-0.2, -0.15) is 0 Å². The number of carbonyl (C=O) groups excluding carboxylic acids is 2. The molecule has 4 heteroatoms. The molecule has 1 aromatic rings. The van der Waals surface area contributed by atoms with Crippen molar-refractivity contribution in [1.82, 2.24) is 0 Å². The van der Waals surface area contributed by atoms with Crippen LogP contribution in [0.5, 0.6) is 0 Å². The summed E-state index contributed by atoms with van der Waals surface area (Å²) in [5.41, 5.74) is 2.73.